The molecule has 2 atom stereocenters. The fraction of sp³-hybridized carbons (Fsp3) is 0.625. The van der Waals surface area contributed by atoms with Crippen molar-refractivity contribution in [2.75, 3.05) is 19.7 Å². The highest BCUT2D eigenvalue weighted by Gasteiger charge is 2.31. The van der Waals surface area contributed by atoms with Gasteiger partial charge in [-0.15, -0.1) is 0 Å². The van der Waals surface area contributed by atoms with E-state index in [1.807, 2.05) is 11.8 Å². The Kier molecular flexibility index (Phi) is 4.40. The first-order valence-electron chi connectivity index (χ1n) is 8.17. The normalized spacial score (nSPS) is 20.2. The van der Waals surface area contributed by atoms with Gasteiger partial charge in [0.05, 0.1) is 19.5 Å². The lowest BCUT2D eigenvalue weighted by Gasteiger charge is -2.33. The van der Waals surface area contributed by atoms with Crippen molar-refractivity contribution in [3.63, 3.8) is 0 Å². The Morgan fingerprint density at radius 2 is 2.25 bits per heavy atom. The number of H-pyrrole nitrogens is 1. The smallest absolute Gasteiger partial charge is 0.245 e. The van der Waals surface area contributed by atoms with Gasteiger partial charge in [-0.3, -0.25) is 9.89 Å². The van der Waals surface area contributed by atoms with Crippen LogP contribution >= 0.6 is 0 Å². The number of ether oxygens (including phenoxy) is 1. The van der Waals surface area contributed by atoms with E-state index >= 15 is 0 Å². The van der Waals surface area contributed by atoms with E-state index in [0.717, 1.165) is 5.82 Å². The molecule has 2 unspecified atom stereocenters. The SMILES string of the molecule is CC(C(=O)N1CCOC(c2nc(C(C)(C)C)n[nH]2)C1)n1ccnc1. The molecule has 0 aliphatic carbocycles. The van der Waals surface area contributed by atoms with Crippen molar-refractivity contribution in [2.45, 2.75) is 45.3 Å². The molecule has 1 aliphatic rings. The molecule has 3 heterocycles. The van der Waals surface area contributed by atoms with Crippen LogP contribution in [0.4, 0.5) is 0 Å². The van der Waals surface area contributed by atoms with E-state index in [1.54, 1.807) is 23.3 Å². The minimum atomic E-state index is -0.286. The van der Waals surface area contributed by atoms with Gasteiger partial charge in [0.15, 0.2) is 11.6 Å². The summed E-state index contributed by atoms with van der Waals surface area (Å²) >= 11 is 0. The van der Waals surface area contributed by atoms with Crippen LogP contribution in [0.25, 0.3) is 0 Å². The molecule has 130 valence electrons. The second-order valence-corrected chi connectivity index (χ2v) is 7.12. The predicted octanol–water partition coefficient (Wildman–Crippen LogP) is 1.46. The summed E-state index contributed by atoms with van der Waals surface area (Å²) in [7, 11) is 0. The second kappa shape index (κ2) is 6.35. The lowest BCUT2D eigenvalue weighted by atomic mass is 9.96. The maximum atomic E-state index is 12.7. The van der Waals surface area contributed by atoms with Crippen molar-refractivity contribution in [1.29, 1.82) is 0 Å². The van der Waals surface area contributed by atoms with E-state index in [0.29, 0.717) is 25.5 Å². The van der Waals surface area contributed by atoms with Crippen LogP contribution in [0.1, 0.15) is 51.5 Å². The van der Waals surface area contributed by atoms with Crippen LogP contribution in [0.5, 0.6) is 0 Å². The van der Waals surface area contributed by atoms with Crippen molar-refractivity contribution in [3.8, 4) is 0 Å². The first-order valence-corrected chi connectivity index (χ1v) is 8.17. The molecule has 2 aromatic heterocycles. The van der Waals surface area contributed by atoms with Gasteiger partial charge in [-0.25, -0.2) is 9.97 Å². The summed E-state index contributed by atoms with van der Waals surface area (Å²) in [5.74, 6) is 1.47. The number of imidazole rings is 1. The van der Waals surface area contributed by atoms with Gasteiger partial charge in [-0.1, -0.05) is 20.8 Å². The number of nitrogens with zero attached hydrogens (tertiary/aromatic N) is 5. The number of rotatable bonds is 3. The molecule has 1 saturated heterocycles. The maximum absolute atomic E-state index is 12.7. The van der Waals surface area contributed by atoms with Crippen molar-refractivity contribution in [1.82, 2.24) is 29.6 Å². The molecule has 0 radical (unpaired) electrons. The van der Waals surface area contributed by atoms with Gasteiger partial charge in [0.2, 0.25) is 5.91 Å². The predicted molar refractivity (Wildman–Crippen MR) is 87.3 cm³/mol. The molecule has 8 heteroatoms. The number of carbonyl (C=O) groups is 1. The number of nitrogens with one attached hydrogen (secondary N) is 1. The van der Waals surface area contributed by atoms with Crippen molar-refractivity contribution < 1.29 is 9.53 Å². The summed E-state index contributed by atoms with van der Waals surface area (Å²) < 4.78 is 7.60. The van der Waals surface area contributed by atoms with Crippen LogP contribution in [0, 0.1) is 0 Å². The molecule has 3 rings (SSSR count). The van der Waals surface area contributed by atoms with Gasteiger partial charge in [0.1, 0.15) is 12.1 Å². The summed E-state index contributed by atoms with van der Waals surface area (Å²) in [5.41, 5.74) is -0.130. The lowest BCUT2D eigenvalue weighted by molar-refractivity contribution is -0.142. The third kappa shape index (κ3) is 3.33. The van der Waals surface area contributed by atoms with Crippen LogP contribution in [0.15, 0.2) is 18.7 Å². The molecular weight excluding hydrogens is 308 g/mol. The topological polar surface area (TPSA) is 88.9 Å². The van der Waals surface area contributed by atoms with Gasteiger partial charge < -0.3 is 14.2 Å². The number of hydrogen-bond acceptors (Lipinski definition) is 5. The van der Waals surface area contributed by atoms with Gasteiger partial charge in [-0.05, 0) is 6.92 Å². The highest BCUT2D eigenvalue weighted by molar-refractivity contribution is 5.80. The molecule has 1 fully saturated rings. The van der Waals surface area contributed by atoms with Crippen LogP contribution in [0.2, 0.25) is 0 Å². The highest BCUT2D eigenvalue weighted by atomic mass is 16.5. The first kappa shape index (κ1) is 16.6. The molecule has 1 amide bonds. The minimum Gasteiger partial charge on any atom is -0.367 e. The number of hydrogen-bond donors (Lipinski definition) is 1. The monoisotopic (exact) mass is 332 g/mol. The lowest BCUT2D eigenvalue weighted by Crippen LogP contribution is -2.45. The second-order valence-electron chi connectivity index (χ2n) is 7.12. The van der Waals surface area contributed by atoms with Crippen molar-refractivity contribution in [2.24, 2.45) is 0 Å². The van der Waals surface area contributed by atoms with E-state index in [9.17, 15) is 4.79 Å². The Labute approximate surface area is 141 Å². The Balaban J connectivity index is 1.70. The fourth-order valence-corrected chi connectivity index (χ4v) is 2.66. The molecule has 8 nitrogen and oxygen atoms in total. The average molecular weight is 332 g/mol. The molecule has 0 aromatic carbocycles. The van der Waals surface area contributed by atoms with Gasteiger partial charge in [0, 0.05) is 24.4 Å². The van der Waals surface area contributed by atoms with Crippen LogP contribution in [-0.4, -0.2) is 55.2 Å². The molecule has 2 aromatic rings. The quantitative estimate of drug-likeness (QED) is 0.919. The standard InChI is InChI=1S/C16H24N6O2/c1-11(22-6-5-17-10-22)14(23)21-7-8-24-12(9-21)13-18-15(20-19-13)16(2,3)4/h5-6,10-12H,7-9H2,1-4H3,(H,18,19,20). The summed E-state index contributed by atoms with van der Waals surface area (Å²) in [6.07, 6.45) is 4.86. The minimum absolute atomic E-state index is 0.0526. The van der Waals surface area contributed by atoms with E-state index in [4.69, 9.17) is 4.74 Å². The summed E-state index contributed by atoms with van der Waals surface area (Å²) in [5, 5.41) is 7.24. The number of carbonyl (C=O) groups excluding carboxylic acids is 1. The van der Waals surface area contributed by atoms with Gasteiger partial charge >= 0.3 is 0 Å². The zero-order chi connectivity index (χ0) is 17.3. The molecule has 0 bridgehead atoms. The Bertz CT molecular complexity index is 688. The highest BCUT2D eigenvalue weighted by Crippen LogP contribution is 2.24. The number of morpholine rings is 1. The summed E-state index contributed by atoms with van der Waals surface area (Å²) in [6, 6.07) is -0.286. The molecule has 1 N–H and O–H groups in total. The van der Waals surface area contributed by atoms with E-state index in [1.165, 1.54) is 0 Å². The van der Waals surface area contributed by atoms with Gasteiger partial charge in [-0.2, -0.15) is 5.10 Å². The molecule has 0 spiro atoms. The van der Waals surface area contributed by atoms with Crippen molar-refractivity contribution in [3.05, 3.63) is 30.4 Å². The average Bonchev–Trinajstić information content (AvgIpc) is 3.24. The first-order chi connectivity index (χ1) is 11.4. The Hall–Kier alpha value is -2.22. The van der Waals surface area contributed by atoms with Crippen molar-refractivity contribution >= 4 is 5.91 Å². The summed E-state index contributed by atoms with van der Waals surface area (Å²) in [4.78, 5) is 23.1. The number of amides is 1. The molecule has 24 heavy (non-hydrogen) atoms. The third-order valence-electron chi connectivity index (χ3n) is 4.19. The fourth-order valence-electron chi connectivity index (χ4n) is 2.66. The summed E-state index contributed by atoms with van der Waals surface area (Å²) in [6.45, 7) is 9.59. The third-order valence-corrected chi connectivity index (χ3v) is 4.19. The van der Waals surface area contributed by atoms with Gasteiger partial charge in [0.25, 0.3) is 0 Å². The van der Waals surface area contributed by atoms with Crippen LogP contribution in [-0.2, 0) is 14.9 Å². The van der Waals surface area contributed by atoms with E-state index in [-0.39, 0.29) is 23.5 Å². The zero-order valence-corrected chi connectivity index (χ0v) is 14.6. The largest absolute Gasteiger partial charge is 0.367 e. The Morgan fingerprint density at radius 3 is 2.88 bits per heavy atom. The van der Waals surface area contributed by atoms with Crippen LogP contribution < -0.4 is 0 Å². The van der Waals surface area contributed by atoms with E-state index in [2.05, 4.69) is 40.9 Å². The number of aromatic amines is 1. The molecule has 0 saturated carbocycles. The maximum Gasteiger partial charge on any atom is 0.245 e. The number of aromatic nitrogens is 5. The Morgan fingerprint density at radius 1 is 1.46 bits per heavy atom. The molecule has 1 aliphatic heterocycles. The zero-order valence-electron chi connectivity index (χ0n) is 14.6. The molecular formula is C16H24N6O2. The van der Waals surface area contributed by atoms with E-state index < -0.39 is 0 Å². The van der Waals surface area contributed by atoms with Crippen LogP contribution in [0.3, 0.4) is 0 Å².